The lowest BCUT2D eigenvalue weighted by Gasteiger charge is -2.30. The van der Waals surface area contributed by atoms with Crippen LogP contribution in [0.3, 0.4) is 0 Å². The average Bonchev–Trinajstić information content (AvgIpc) is 2.79. The Morgan fingerprint density at radius 2 is 2.06 bits per heavy atom. The first-order chi connectivity index (χ1) is 8.50. The van der Waals surface area contributed by atoms with Gasteiger partial charge in [0.05, 0.1) is 0 Å². The molecule has 1 fully saturated rings. The molecular weight excluding hydrogens is 224 g/mol. The largest absolute Gasteiger partial charge is 0.345 e. The Hall–Kier alpha value is -0.870. The minimum atomic E-state index is 0.158. The number of nitrogens with zero attached hydrogens (tertiary/aromatic N) is 2. The lowest BCUT2D eigenvalue weighted by atomic mass is 9.93. The summed E-state index contributed by atoms with van der Waals surface area (Å²) in [6.07, 6.45) is 4.38. The number of hydrogen-bond donors (Lipinski definition) is 2. The van der Waals surface area contributed by atoms with Gasteiger partial charge >= 0.3 is 0 Å². The van der Waals surface area contributed by atoms with Gasteiger partial charge < -0.3 is 15.6 Å². The minimum Gasteiger partial charge on any atom is -0.345 e. The van der Waals surface area contributed by atoms with Crippen molar-refractivity contribution in [3.05, 3.63) is 17.7 Å². The van der Waals surface area contributed by atoms with Crippen LogP contribution in [0.25, 0.3) is 0 Å². The van der Waals surface area contributed by atoms with Gasteiger partial charge in [0.2, 0.25) is 0 Å². The van der Waals surface area contributed by atoms with Gasteiger partial charge in [-0.2, -0.15) is 0 Å². The second-order valence-electron chi connectivity index (χ2n) is 6.34. The lowest BCUT2D eigenvalue weighted by Crippen LogP contribution is -2.36. The summed E-state index contributed by atoms with van der Waals surface area (Å²) in [6, 6.07) is 0. The van der Waals surface area contributed by atoms with Gasteiger partial charge in [-0.25, -0.2) is 4.98 Å². The first-order valence-electron chi connectivity index (χ1n) is 6.98. The molecule has 1 aliphatic heterocycles. The lowest BCUT2D eigenvalue weighted by molar-refractivity contribution is 0.215. The number of likely N-dealkylation sites (tertiary alicyclic amines) is 1. The number of aromatic nitrogens is 2. The first kappa shape index (κ1) is 13.6. The molecule has 1 saturated heterocycles. The van der Waals surface area contributed by atoms with Crippen LogP contribution in [0.4, 0.5) is 0 Å². The normalized spacial score (nSPS) is 19.3. The molecule has 4 heteroatoms. The molecule has 0 amide bonds. The number of rotatable bonds is 3. The van der Waals surface area contributed by atoms with E-state index in [-0.39, 0.29) is 5.41 Å². The Labute approximate surface area is 110 Å². The molecule has 3 N–H and O–H groups in total. The van der Waals surface area contributed by atoms with Gasteiger partial charge in [-0.15, -0.1) is 0 Å². The van der Waals surface area contributed by atoms with Crippen molar-refractivity contribution < 1.29 is 0 Å². The Morgan fingerprint density at radius 1 is 1.39 bits per heavy atom. The maximum Gasteiger partial charge on any atom is 0.109 e. The number of H-pyrrole nitrogens is 1. The zero-order chi connectivity index (χ0) is 13.2. The van der Waals surface area contributed by atoms with Crippen molar-refractivity contribution in [1.29, 1.82) is 0 Å². The first-order valence-corrected chi connectivity index (χ1v) is 6.98. The predicted octanol–water partition coefficient (Wildman–Crippen LogP) is 1.85. The molecule has 0 atom stereocenters. The number of aromatic amines is 1. The number of hydrogen-bond acceptors (Lipinski definition) is 3. The van der Waals surface area contributed by atoms with E-state index in [4.69, 9.17) is 5.73 Å². The van der Waals surface area contributed by atoms with Gasteiger partial charge in [-0.1, -0.05) is 20.8 Å². The molecule has 1 aromatic rings. The van der Waals surface area contributed by atoms with E-state index in [1.54, 1.807) is 0 Å². The fourth-order valence-corrected chi connectivity index (χ4v) is 2.54. The summed E-state index contributed by atoms with van der Waals surface area (Å²) in [5.41, 5.74) is 6.99. The Balaban J connectivity index is 1.95. The maximum atomic E-state index is 5.60. The molecule has 0 saturated carbocycles. The van der Waals surface area contributed by atoms with Gasteiger partial charge in [-0.05, 0) is 25.9 Å². The number of piperidine rings is 1. The van der Waals surface area contributed by atoms with Crippen LogP contribution >= 0.6 is 0 Å². The van der Waals surface area contributed by atoms with E-state index in [1.165, 1.54) is 24.4 Å². The fraction of sp³-hybridized carbons (Fsp3) is 0.786. The summed E-state index contributed by atoms with van der Waals surface area (Å²) < 4.78 is 0. The molecule has 2 heterocycles. The molecule has 2 rings (SSSR count). The third-order valence-corrected chi connectivity index (χ3v) is 3.82. The molecule has 0 aliphatic carbocycles. The molecule has 0 radical (unpaired) electrons. The van der Waals surface area contributed by atoms with Crippen LogP contribution < -0.4 is 5.73 Å². The van der Waals surface area contributed by atoms with Crippen molar-refractivity contribution in [2.24, 2.45) is 5.73 Å². The van der Waals surface area contributed by atoms with E-state index in [1.807, 2.05) is 6.20 Å². The summed E-state index contributed by atoms with van der Waals surface area (Å²) >= 11 is 0. The highest BCUT2D eigenvalue weighted by molar-refractivity contribution is 5.14. The van der Waals surface area contributed by atoms with Gasteiger partial charge in [0.15, 0.2) is 0 Å². The van der Waals surface area contributed by atoms with Crippen molar-refractivity contribution >= 4 is 0 Å². The standard InChI is InChI=1S/C14H26N4/c1-14(2,3)12-10-16-13(17-12)11-4-7-18(8-5-11)9-6-15/h10-11H,4-9,15H2,1-3H3,(H,16,17). The SMILES string of the molecule is CC(C)(C)c1cnc(C2CCN(CCN)CC2)[nH]1. The maximum absolute atomic E-state index is 5.60. The summed E-state index contributed by atoms with van der Waals surface area (Å²) in [5, 5.41) is 0. The van der Waals surface area contributed by atoms with Crippen molar-refractivity contribution in [2.75, 3.05) is 26.2 Å². The molecule has 18 heavy (non-hydrogen) atoms. The van der Waals surface area contributed by atoms with Crippen LogP contribution in [0.1, 0.15) is 51.0 Å². The Kier molecular flexibility index (Phi) is 4.07. The van der Waals surface area contributed by atoms with Crippen LogP contribution in [0.2, 0.25) is 0 Å². The summed E-state index contributed by atoms with van der Waals surface area (Å²) in [6.45, 7) is 10.7. The smallest absolute Gasteiger partial charge is 0.109 e. The molecule has 0 aromatic carbocycles. The topological polar surface area (TPSA) is 57.9 Å². The van der Waals surface area contributed by atoms with E-state index >= 15 is 0 Å². The molecule has 1 aromatic heterocycles. The van der Waals surface area contributed by atoms with Gasteiger partial charge in [-0.3, -0.25) is 0 Å². The van der Waals surface area contributed by atoms with Crippen molar-refractivity contribution in [3.63, 3.8) is 0 Å². The van der Waals surface area contributed by atoms with Crippen LogP contribution in [0.5, 0.6) is 0 Å². The van der Waals surface area contributed by atoms with Gasteiger partial charge in [0.1, 0.15) is 5.82 Å². The van der Waals surface area contributed by atoms with E-state index < -0.39 is 0 Å². The predicted molar refractivity (Wildman–Crippen MR) is 74.8 cm³/mol. The summed E-state index contributed by atoms with van der Waals surface area (Å²) in [7, 11) is 0. The third-order valence-electron chi connectivity index (χ3n) is 3.82. The molecule has 0 unspecified atom stereocenters. The van der Waals surface area contributed by atoms with Crippen molar-refractivity contribution in [1.82, 2.24) is 14.9 Å². The van der Waals surface area contributed by atoms with E-state index in [9.17, 15) is 0 Å². The molecule has 0 spiro atoms. The zero-order valence-electron chi connectivity index (χ0n) is 11.9. The van der Waals surface area contributed by atoms with Crippen molar-refractivity contribution in [3.8, 4) is 0 Å². The summed E-state index contributed by atoms with van der Waals surface area (Å²) in [4.78, 5) is 10.5. The Bertz CT molecular complexity index is 369. The second kappa shape index (κ2) is 5.41. The highest BCUT2D eigenvalue weighted by atomic mass is 15.1. The highest BCUT2D eigenvalue weighted by Crippen LogP contribution is 2.28. The highest BCUT2D eigenvalue weighted by Gasteiger charge is 2.24. The average molecular weight is 250 g/mol. The van der Waals surface area contributed by atoms with Gasteiger partial charge in [0, 0.05) is 36.3 Å². The molecule has 4 nitrogen and oxygen atoms in total. The third kappa shape index (κ3) is 3.12. The summed E-state index contributed by atoms with van der Waals surface area (Å²) in [5.74, 6) is 1.77. The second-order valence-corrected chi connectivity index (χ2v) is 6.34. The van der Waals surface area contributed by atoms with E-state index in [0.29, 0.717) is 5.92 Å². The number of nitrogens with two attached hydrogens (primary N) is 1. The van der Waals surface area contributed by atoms with Crippen molar-refractivity contribution in [2.45, 2.75) is 44.9 Å². The minimum absolute atomic E-state index is 0.158. The number of imidazole rings is 1. The van der Waals surface area contributed by atoms with E-state index in [0.717, 1.165) is 26.2 Å². The van der Waals surface area contributed by atoms with Gasteiger partial charge in [0.25, 0.3) is 0 Å². The quantitative estimate of drug-likeness (QED) is 0.860. The van der Waals surface area contributed by atoms with Crippen LogP contribution in [-0.2, 0) is 5.41 Å². The molecule has 0 bridgehead atoms. The van der Waals surface area contributed by atoms with Crippen LogP contribution in [0, 0.1) is 0 Å². The fourth-order valence-electron chi connectivity index (χ4n) is 2.54. The van der Waals surface area contributed by atoms with Crippen LogP contribution in [-0.4, -0.2) is 41.0 Å². The zero-order valence-corrected chi connectivity index (χ0v) is 11.9. The molecular formula is C14H26N4. The molecule has 1 aliphatic rings. The Morgan fingerprint density at radius 3 is 2.56 bits per heavy atom. The monoisotopic (exact) mass is 250 g/mol. The number of nitrogens with one attached hydrogen (secondary N) is 1. The van der Waals surface area contributed by atoms with E-state index in [2.05, 4.69) is 35.6 Å². The van der Waals surface area contributed by atoms with Crippen LogP contribution in [0.15, 0.2) is 6.20 Å². The molecule has 102 valence electrons.